The molecule has 0 radical (unpaired) electrons. The molecule has 2 rings (SSSR count). The Bertz CT molecular complexity index is 304. The van der Waals surface area contributed by atoms with Crippen LogP contribution in [0.15, 0.2) is 22.8 Å². The van der Waals surface area contributed by atoms with Gasteiger partial charge in [0.15, 0.2) is 0 Å². The molecule has 4 heteroatoms. The standard InChI is InChI=1S/C10H12ClNO2/c11-5-10(13)12-6-8(7-12)4-9-2-1-3-14-9/h1-3,8H,4-7H2. The first-order valence-corrected chi connectivity index (χ1v) is 5.19. The summed E-state index contributed by atoms with van der Waals surface area (Å²) in [5.74, 6) is 1.65. The maximum atomic E-state index is 11.1. The Morgan fingerprint density at radius 1 is 1.64 bits per heavy atom. The first-order valence-electron chi connectivity index (χ1n) is 4.65. The van der Waals surface area contributed by atoms with E-state index in [2.05, 4.69) is 0 Å². The third-order valence-corrected chi connectivity index (χ3v) is 2.72. The van der Waals surface area contributed by atoms with Crippen LogP contribution in [0.2, 0.25) is 0 Å². The topological polar surface area (TPSA) is 33.5 Å². The smallest absolute Gasteiger partial charge is 0.237 e. The van der Waals surface area contributed by atoms with Gasteiger partial charge in [-0.1, -0.05) is 0 Å². The Morgan fingerprint density at radius 3 is 3.00 bits per heavy atom. The molecule has 2 heterocycles. The average Bonchev–Trinajstić information content (AvgIpc) is 2.61. The molecular formula is C10H12ClNO2. The predicted molar refractivity (Wildman–Crippen MR) is 53.2 cm³/mol. The second-order valence-electron chi connectivity index (χ2n) is 3.58. The molecule has 1 saturated heterocycles. The second-order valence-corrected chi connectivity index (χ2v) is 3.85. The first-order chi connectivity index (χ1) is 6.79. The van der Waals surface area contributed by atoms with Crippen LogP contribution in [0.4, 0.5) is 0 Å². The normalized spacial score (nSPS) is 16.8. The fourth-order valence-corrected chi connectivity index (χ4v) is 1.87. The van der Waals surface area contributed by atoms with Gasteiger partial charge in [0.1, 0.15) is 11.6 Å². The van der Waals surface area contributed by atoms with Crippen LogP contribution < -0.4 is 0 Å². The van der Waals surface area contributed by atoms with Crippen molar-refractivity contribution in [3.63, 3.8) is 0 Å². The number of likely N-dealkylation sites (tertiary alicyclic amines) is 1. The highest BCUT2D eigenvalue weighted by Gasteiger charge is 2.30. The highest BCUT2D eigenvalue weighted by molar-refractivity contribution is 6.27. The van der Waals surface area contributed by atoms with Crippen molar-refractivity contribution >= 4 is 17.5 Å². The van der Waals surface area contributed by atoms with Crippen LogP contribution >= 0.6 is 11.6 Å². The molecule has 0 aliphatic carbocycles. The molecule has 76 valence electrons. The van der Waals surface area contributed by atoms with E-state index in [0.717, 1.165) is 25.3 Å². The van der Waals surface area contributed by atoms with Gasteiger partial charge >= 0.3 is 0 Å². The third kappa shape index (κ3) is 1.93. The van der Waals surface area contributed by atoms with Crippen LogP contribution in [0, 0.1) is 5.92 Å². The molecule has 1 amide bonds. The number of furan rings is 1. The molecule has 0 saturated carbocycles. The van der Waals surface area contributed by atoms with Crippen molar-refractivity contribution in [3.8, 4) is 0 Å². The lowest BCUT2D eigenvalue weighted by atomic mass is 9.95. The number of amides is 1. The van der Waals surface area contributed by atoms with Gasteiger partial charge in [0, 0.05) is 25.4 Å². The minimum Gasteiger partial charge on any atom is -0.469 e. The minimum absolute atomic E-state index is 0.0300. The van der Waals surface area contributed by atoms with E-state index in [9.17, 15) is 4.79 Å². The summed E-state index contributed by atoms with van der Waals surface area (Å²) in [4.78, 5) is 12.9. The van der Waals surface area contributed by atoms with Crippen molar-refractivity contribution in [2.24, 2.45) is 5.92 Å². The monoisotopic (exact) mass is 213 g/mol. The maximum absolute atomic E-state index is 11.1. The summed E-state index contributed by atoms with van der Waals surface area (Å²) in [7, 11) is 0. The SMILES string of the molecule is O=C(CCl)N1CC(Cc2ccco2)C1. The summed E-state index contributed by atoms with van der Waals surface area (Å²) in [6, 6.07) is 3.85. The number of halogens is 1. The number of hydrogen-bond acceptors (Lipinski definition) is 2. The van der Waals surface area contributed by atoms with Crippen molar-refractivity contribution in [2.45, 2.75) is 6.42 Å². The predicted octanol–water partition coefficient (Wildman–Crippen LogP) is 1.52. The van der Waals surface area contributed by atoms with E-state index >= 15 is 0 Å². The Balaban J connectivity index is 1.76. The van der Waals surface area contributed by atoms with Crippen molar-refractivity contribution < 1.29 is 9.21 Å². The zero-order chi connectivity index (χ0) is 9.97. The van der Waals surface area contributed by atoms with E-state index < -0.39 is 0 Å². The van der Waals surface area contributed by atoms with Gasteiger partial charge < -0.3 is 9.32 Å². The molecule has 0 atom stereocenters. The van der Waals surface area contributed by atoms with E-state index in [-0.39, 0.29) is 11.8 Å². The lowest BCUT2D eigenvalue weighted by Crippen LogP contribution is -2.51. The molecule has 0 unspecified atom stereocenters. The molecule has 3 nitrogen and oxygen atoms in total. The summed E-state index contributed by atoms with van der Waals surface area (Å²) < 4.78 is 5.23. The fourth-order valence-electron chi connectivity index (χ4n) is 1.70. The fraction of sp³-hybridized carbons (Fsp3) is 0.500. The summed E-state index contributed by atoms with van der Waals surface area (Å²) in [5, 5.41) is 0. The number of hydrogen-bond donors (Lipinski definition) is 0. The number of alkyl halides is 1. The molecule has 0 aromatic carbocycles. The van der Waals surface area contributed by atoms with Crippen LogP contribution in [0.3, 0.4) is 0 Å². The largest absolute Gasteiger partial charge is 0.469 e. The molecule has 1 aliphatic heterocycles. The molecular weight excluding hydrogens is 202 g/mol. The average molecular weight is 214 g/mol. The van der Waals surface area contributed by atoms with E-state index in [0.29, 0.717) is 5.92 Å². The third-order valence-electron chi connectivity index (χ3n) is 2.49. The lowest BCUT2D eigenvalue weighted by Gasteiger charge is -2.38. The molecule has 14 heavy (non-hydrogen) atoms. The van der Waals surface area contributed by atoms with Gasteiger partial charge in [-0.25, -0.2) is 0 Å². The van der Waals surface area contributed by atoms with Crippen LogP contribution in [-0.2, 0) is 11.2 Å². The van der Waals surface area contributed by atoms with Crippen molar-refractivity contribution in [3.05, 3.63) is 24.2 Å². The quantitative estimate of drug-likeness (QED) is 0.714. The van der Waals surface area contributed by atoms with Crippen molar-refractivity contribution in [1.29, 1.82) is 0 Å². The molecule has 1 aromatic heterocycles. The van der Waals surface area contributed by atoms with Gasteiger partial charge in [-0.3, -0.25) is 4.79 Å². The molecule has 1 aromatic rings. The number of carbonyl (C=O) groups excluding carboxylic acids is 1. The van der Waals surface area contributed by atoms with E-state index in [1.54, 1.807) is 11.2 Å². The highest BCUT2D eigenvalue weighted by atomic mass is 35.5. The van der Waals surface area contributed by atoms with Crippen LogP contribution in [0.25, 0.3) is 0 Å². The molecule has 0 bridgehead atoms. The summed E-state index contributed by atoms with van der Waals surface area (Å²) in [5.41, 5.74) is 0. The summed E-state index contributed by atoms with van der Waals surface area (Å²) in [6.07, 6.45) is 2.59. The van der Waals surface area contributed by atoms with Gasteiger partial charge in [0.2, 0.25) is 5.91 Å². The van der Waals surface area contributed by atoms with Crippen LogP contribution in [0.1, 0.15) is 5.76 Å². The Labute approximate surface area is 87.6 Å². The van der Waals surface area contributed by atoms with Gasteiger partial charge in [-0.2, -0.15) is 0 Å². The van der Waals surface area contributed by atoms with Crippen LogP contribution in [0.5, 0.6) is 0 Å². The second kappa shape index (κ2) is 4.05. The van der Waals surface area contributed by atoms with Crippen LogP contribution in [-0.4, -0.2) is 29.8 Å². The van der Waals surface area contributed by atoms with Gasteiger partial charge in [0.25, 0.3) is 0 Å². The number of nitrogens with zero attached hydrogens (tertiary/aromatic N) is 1. The van der Waals surface area contributed by atoms with Crippen molar-refractivity contribution in [2.75, 3.05) is 19.0 Å². The Kier molecular flexibility index (Phi) is 2.77. The van der Waals surface area contributed by atoms with E-state index in [1.807, 2.05) is 12.1 Å². The zero-order valence-corrected chi connectivity index (χ0v) is 8.54. The van der Waals surface area contributed by atoms with E-state index in [1.165, 1.54) is 0 Å². The molecule has 1 fully saturated rings. The Morgan fingerprint density at radius 2 is 2.43 bits per heavy atom. The van der Waals surface area contributed by atoms with Crippen molar-refractivity contribution in [1.82, 2.24) is 4.90 Å². The molecule has 0 spiro atoms. The highest BCUT2D eigenvalue weighted by Crippen LogP contribution is 2.20. The molecule has 1 aliphatic rings. The maximum Gasteiger partial charge on any atom is 0.237 e. The van der Waals surface area contributed by atoms with E-state index in [4.69, 9.17) is 16.0 Å². The summed E-state index contributed by atoms with van der Waals surface area (Å²) in [6.45, 7) is 1.62. The summed E-state index contributed by atoms with van der Waals surface area (Å²) >= 11 is 5.44. The van der Waals surface area contributed by atoms with Gasteiger partial charge in [-0.05, 0) is 12.1 Å². The first kappa shape index (κ1) is 9.59. The van der Waals surface area contributed by atoms with Gasteiger partial charge in [-0.15, -0.1) is 11.6 Å². The lowest BCUT2D eigenvalue weighted by molar-refractivity contribution is -0.134. The number of rotatable bonds is 3. The zero-order valence-electron chi connectivity index (χ0n) is 7.78. The Hall–Kier alpha value is -0.960. The van der Waals surface area contributed by atoms with Gasteiger partial charge in [0.05, 0.1) is 6.26 Å². The number of carbonyl (C=O) groups is 1. The minimum atomic E-state index is 0.0300. The molecule has 0 N–H and O–H groups in total.